The summed E-state index contributed by atoms with van der Waals surface area (Å²) < 4.78 is 5.72. The largest absolute Gasteiger partial charge is 0.488 e. The lowest BCUT2D eigenvalue weighted by atomic mass is 10.1. The van der Waals surface area contributed by atoms with Crippen LogP contribution in [-0.2, 0) is 6.42 Å². The van der Waals surface area contributed by atoms with Crippen LogP contribution in [0, 0.1) is 10.1 Å². The third-order valence-electron chi connectivity index (χ3n) is 3.60. The van der Waals surface area contributed by atoms with Crippen LogP contribution in [-0.4, -0.2) is 23.6 Å². The number of halogens is 1. The van der Waals surface area contributed by atoms with Gasteiger partial charge in [0.05, 0.1) is 11.5 Å². The molecule has 0 saturated heterocycles. The number of hydrogen-bond acceptors (Lipinski definition) is 4. The van der Waals surface area contributed by atoms with Gasteiger partial charge in [0.1, 0.15) is 16.9 Å². The van der Waals surface area contributed by atoms with E-state index in [1.54, 1.807) is 0 Å². The fourth-order valence-electron chi connectivity index (χ4n) is 2.48. The smallest absolute Gasteiger partial charge is 0.319 e. The Morgan fingerprint density at radius 2 is 2.12 bits per heavy atom. The van der Waals surface area contributed by atoms with Gasteiger partial charge in [0.15, 0.2) is 0 Å². The van der Waals surface area contributed by atoms with Crippen molar-refractivity contribution < 1.29 is 14.5 Å². The van der Waals surface area contributed by atoms with Crippen LogP contribution >= 0.6 is 11.6 Å². The number of urea groups is 1. The molecule has 0 saturated carbocycles. The first kappa shape index (κ1) is 16.1. The molecule has 1 aliphatic heterocycles. The first-order chi connectivity index (χ1) is 11.5. The van der Waals surface area contributed by atoms with Crippen LogP contribution in [0.5, 0.6) is 5.75 Å². The van der Waals surface area contributed by atoms with E-state index in [0.29, 0.717) is 12.2 Å². The molecule has 2 aromatic carbocycles. The predicted octanol–water partition coefficient (Wildman–Crippen LogP) is 3.37. The third kappa shape index (κ3) is 3.57. The Morgan fingerprint density at radius 3 is 2.88 bits per heavy atom. The number of benzene rings is 2. The van der Waals surface area contributed by atoms with E-state index in [2.05, 4.69) is 10.6 Å². The SMILES string of the molecule is O=C(NCC1Cc2ccccc2O1)Nc1ccc(Cl)c([N+](=O)[O-])c1. The summed E-state index contributed by atoms with van der Waals surface area (Å²) >= 11 is 5.73. The summed E-state index contributed by atoms with van der Waals surface area (Å²) in [6, 6.07) is 11.3. The predicted molar refractivity (Wildman–Crippen MR) is 89.7 cm³/mol. The third-order valence-corrected chi connectivity index (χ3v) is 3.92. The molecular formula is C16H14ClN3O4. The van der Waals surface area contributed by atoms with Crippen molar-refractivity contribution in [3.05, 3.63) is 63.2 Å². The van der Waals surface area contributed by atoms with Crippen LogP contribution in [0.4, 0.5) is 16.2 Å². The number of nitro benzene ring substituents is 1. The fraction of sp³-hybridized carbons (Fsp3) is 0.188. The number of hydrogen-bond donors (Lipinski definition) is 2. The van der Waals surface area contributed by atoms with E-state index in [-0.39, 0.29) is 16.8 Å². The lowest BCUT2D eigenvalue weighted by Gasteiger charge is -2.12. The Kier molecular flexibility index (Phi) is 4.52. The van der Waals surface area contributed by atoms with E-state index in [1.807, 2.05) is 24.3 Å². The molecule has 0 fully saturated rings. The molecule has 2 N–H and O–H groups in total. The minimum Gasteiger partial charge on any atom is -0.488 e. The Balaban J connectivity index is 1.54. The summed E-state index contributed by atoms with van der Waals surface area (Å²) in [7, 11) is 0. The number of para-hydroxylation sites is 1. The molecule has 1 atom stereocenters. The molecule has 0 radical (unpaired) electrons. The summed E-state index contributed by atoms with van der Waals surface area (Å²) in [5.41, 5.74) is 1.14. The Labute approximate surface area is 142 Å². The zero-order valence-corrected chi connectivity index (χ0v) is 13.2. The van der Waals surface area contributed by atoms with Crippen molar-refractivity contribution >= 4 is 29.0 Å². The average molecular weight is 348 g/mol. The maximum Gasteiger partial charge on any atom is 0.319 e. The quantitative estimate of drug-likeness (QED) is 0.655. The second-order valence-corrected chi connectivity index (χ2v) is 5.72. The van der Waals surface area contributed by atoms with Crippen LogP contribution in [0.15, 0.2) is 42.5 Å². The van der Waals surface area contributed by atoms with E-state index in [0.717, 1.165) is 17.7 Å². The van der Waals surface area contributed by atoms with Gasteiger partial charge in [-0.3, -0.25) is 10.1 Å². The molecule has 3 rings (SSSR count). The van der Waals surface area contributed by atoms with E-state index in [1.165, 1.54) is 18.2 Å². The van der Waals surface area contributed by atoms with Gasteiger partial charge in [-0.1, -0.05) is 29.8 Å². The summed E-state index contributed by atoms with van der Waals surface area (Å²) in [4.78, 5) is 22.2. The van der Waals surface area contributed by atoms with Gasteiger partial charge in [0.2, 0.25) is 0 Å². The highest BCUT2D eigenvalue weighted by Crippen LogP contribution is 2.28. The van der Waals surface area contributed by atoms with Crippen molar-refractivity contribution in [2.45, 2.75) is 12.5 Å². The maximum atomic E-state index is 11.9. The number of rotatable bonds is 4. The van der Waals surface area contributed by atoms with Gasteiger partial charge in [0.25, 0.3) is 5.69 Å². The molecule has 124 valence electrons. The number of nitro groups is 1. The lowest BCUT2D eigenvalue weighted by molar-refractivity contribution is -0.384. The van der Waals surface area contributed by atoms with E-state index >= 15 is 0 Å². The minimum absolute atomic E-state index is 0.0167. The number of fused-ring (bicyclic) bond motifs is 1. The van der Waals surface area contributed by atoms with Gasteiger partial charge in [-0.25, -0.2) is 4.79 Å². The Hall–Kier alpha value is -2.80. The molecule has 24 heavy (non-hydrogen) atoms. The molecule has 2 aromatic rings. The molecule has 7 nitrogen and oxygen atoms in total. The molecule has 0 aromatic heterocycles. The molecule has 0 aliphatic carbocycles. The molecule has 2 amide bonds. The number of anilines is 1. The molecule has 0 spiro atoms. The highest BCUT2D eigenvalue weighted by molar-refractivity contribution is 6.32. The average Bonchev–Trinajstić information content (AvgIpc) is 2.97. The van der Waals surface area contributed by atoms with Gasteiger partial charge in [0, 0.05) is 18.2 Å². The van der Waals surface area contributed by atoms with Gasteiger partial charge in [-0.15, -0.1) is 0 Å². The number of ether oxygens (including phenoxy) is 1. The maximum absolute atomic E-state index is 11.9. The zero-order valence-electron chi connectivity index (χ0n) is 12.5. The number of nitrogens with one attached hydrogen (secondary N) is 2. The topological polar surface area (TPSA) is 93.5 Å². The van der Waals surface area contributed by atoms with Crippen LogP contribution in [0.3, 0.4) is 0 Å². The minimum atomic E-state index is -0.602. The molecule has 1 unspecified atom stereocenters. The Morgan fingerprint density at radius 1 is 1.33 bits per heavy atom. The van der Waals surface area contributed by atoms with Gasteiger partial charge in [-0.2, -0.15) is 0 Å². The van der Waals surface area contributed by atoms with Crippen molar-refractivity contribution in [1.82, 2.24) is 5.32 Å². The van der Waals surface area contributed by atoms with Crippen LogP contribution in [0.25, 0.3) is 0 Å². The normalized spacial score (nSPS) is 15.3. The Bertz CT molecular complexity index is 772. The molecule has 1 aliphatic rings. The van der Waals surface area contributed by atoms with Crippen LogP contribution < -0.4 is 15.4 Å². The van der Waals surface area contributed by atoms with Gasteiger partial charge < -0.3 is 15.4 Å². The number of amides is 2. The highest BCUT2D eigenvalue weighted by atomic mass is 35.5. The summed E-state index contributed by atoms with van der Waals surface area (Å²) in [6.45, 7) is 0.330. The summed E-state index contributed by atoms with van der Waals surface area (Å²) in [6.07, 6.45) is 0.593. The van der Waals surface area contributed by atoms with Crippen LogP contribution in [0.2, 0.25) is 5.02 Å². The number of carbonyl (C=O) groups is 1. The summed E-state index contributed by atoms with van der Waals surface area (Å²) in [5.74, 6) is 0.832. The fourth-order valence-corrected chi connectivity index (χ4v) is 2.67. The second kappa shape index (κ2) is 6.76. The second-order valence-electron chi connectivity index (χ2n) is 5.31. The zero-order chi connectivity index (χ0) is 17.1. The standard InChI is InChI=1S/C16H14ClN3O4/c17-13-6-5-11(8-14(13)20(22)23)19-16(21)18-9-12-7-10-3-1-2-4-15(10)24-12/h1-6,8,12H,7,9H2,(H2,18,19,21). The van der Waals surface area contributed by atoms with Crippen molar-refractivity contribution in [3.8, 4) is 5.75 Å². The first-order valence-corrected chi connectivity index (χ1v) is 7.64. The monoisotopic (exact) mass is 347 g/mol. The van der Waals surface area contributed by atoms with E-state index in [4.69, 9.17) is 16.3 Å². The molecule has 8 heteroatoms. The molecule has 1 heterocycles. The number of carbonyl (C=O) groups excluding carboxylic acids is 1. The summed E-state index contributed by atoms with van der Waals surface area (Å²) in [5, 5.41) is 16.1. The molecular weight excluding hydrogens is 334 g/mol. The molecule has 0 bridgehead atoms. The van der Waals surface area contributed by atoms with E-state index < -0.39 is 11.0 Å². The van der Waals surface area contributed by atoms with Gasteiger partial charge >= 0.3 is 6.03 Å². The van der Waals surface area contributed by atoms with Crippen molar-refractivity contribution in [1.29, 1.82) is 0 Å². The van der Waals surface area contributed by atoms with Crippen molar-refractivity contribution in [2.24, 2.45) is 0 Å². The van der Waals surface area contributed by atoms with Gasteiger partial charge in [-0.05, 0) is 23.8 Å². The van der Waals surface area contributed by atoms with Crippen molar-refractivity contribution in [2.75, 3.05) is 11.9 Å². The highest BCUT2D eigenvalue weighted by Gasteiger charge is 2.22. The van der Waals surface area contributed by atoms with E-state index in [9.17, 15) is 14.9 Å². The first-order valence-electron chi connectivity index (χ1n) is 7.26. The number of nitrogens with zero attached hydrogens (tertiary/aromatic N) is 1. The van der Waals surface area contributed by atoms with Crippen LogP contribution in [0.1, 0.15) is 5.56 Å². The lowest BCUT2D eigenvalue weighted by Crippen LogP contribution is -2.37. The van der Waals surface area contributed by atoms with Crippen molar-refractivity contribution in [3.63, 3.8) is 0 Å².